The van der Waals surface area contributed by atoms with E-state index in [1.807, 2.05) is 0 Å². The van der Waals surface area contributed by atoms with E-state index in [2.05, 4.69) is 4.98 Å². The van der Waals surface area contributed by atoms with E-state index in [1.54, 1.807) is 6.07 Å². The zero-order chi connectivity index (χ0) is 9.14. The molecule has 0 aliphatic heterocycles. The van der Waals surface area contributed by atoms with E-state index in [0.29, 0.717) is 17.1 Å². The van der Waals surface area contributed by atoms with Crippen molar-refractivity contribution in [3.8, 4) is 5.88 Å². The minimum Gasteiger partial charge on any atom is -0.480 e. The van der Waals surface area contributed by atoms with Crippen LogP contribution in [0.5, 0.6) is 5.88 Å². The van der Waals surface area contributed by atoms with Gasteiger partial charge in [-0.05, 0) is 13.0 Å². The third-order valence-electron chi connectivity index (χ3n) is 1.48. The first-order valence-corrected chi connectivity index (χ1v) is 3.45. The Balaban J connectivity index is 3.10. The van der Waals surface area contributed by atoms with Gasteiger partial charge in [0.05, 0.1) is 12.8 Å². The maximum atomic E-state index is 10.9. The molecule has 0 bridgehead atoms. The van der Waals surface area contributed by atoms with Crippen LogP contribution in [-0.2, 0) is 0 Å². The number of carbonyl (C=O) groups is 1. The molecule has 0 aliphatic rings. The molecular weight excluding hydrogens is 156 g/mol. The molecule has 12 heavy (non-hydrogen) atoms. The minimum atomic E-state index is -0.0585. The minimum absolute atomic E-state index is 0.0585. The summed E-state index contributed by atoms with van der Waals surface area (Å²) in [4.78, 5) is 14.7. The fourth-order valence-corrected chi connectivity index (χ4v) is 0.832. The lowest BCUT2D eigenvalue weighted by Crippen LogP contribution is -1.99. The third kappa shape index (κ3) is 1.53. The summed E-state index contributed by atoms with van der Waals surface area (Å²) in [6.07, 6.45) is 1.44. The second kappa shape index (κ2) is 3.21. The van der Waals surface area contributed by atoms with Crippen LogP contribution >= 0.6 is 0 Å². The molecule has 0 radical (unpaired) electrons. The Labute approximate surface area is 70.4 Å². The van der Waals surface area contributed by atoms with E-state index >= 15 is 0 Å². The molecular formula is C8H10N2O2. The van der Waals surface area contributed by atoms with E-state index in [4.69, 9.17) is 10.5 Å². The number of rotatable bonds is 2. The van der Waals surface area contributed by atoms with Gasteiger partial charge in [-0.2, -0.15) is 0 Å². The van der Waals surface area contributed by atoms with Crippen LogP contribution in [-0.4, -0.2) is 17.9 Å². The summed E-state index contributed by atoms with van der Waals surface area (Å²) in [5, 5.41) is 0. The standard InChI is InChI=1S/C8H10N2O2/c1-5(11)6-3-7(9)8(12-2)10-4-6/h3-4H,9H2,1-2H3. The summed E-state index contributed by atoms with van der Waals surface area (Å²) in [7, 11) is 1.48. The summed E-state index contributed by atoms with van der Waals surface area (Å²) in [5.41, 5.74) is 6.40. The molecule has 1 aromatic rings. The lowest BCUT2D eigenvalue weighted by molar-refractivity contribution is 0.101. The van der Waals surface area contributed by atoms with Crippen LogP contribution in [0, 0.1) is 0 Å². The number of anilines is 1. The van der Waals surface area contributed by atoms with Crippen LogP contribution in [0.3, 0.4) is 0 Å². The number of pyridine rings is 1. The van der Waals surface area contributed by atoms with Crippen molar-refractivity contribution < 1.29 is 9.53 Å². The van der Waals surface area contributed by atoms with E-state index < -0.39 is 0 Å². The predicted molar refractivity (Wildman–Crippen MR) is 45.2 cm³/mol. The van der Waals surface area contributed by atoms with Crippen molar-refractivity contribution in [2.24, 2.45) is 0 Å². The van der Waals surface area contributed by atoms with Crippen molar-refractivity contribution in [1.82, 2.24) is 4.98 Å². The van der Waals surface area contributed by atoms with Crippen LogP contribution in [0.25, 0.3) is 0 Å². The Morgan fingerprint density at radius 2 is 2.33 bits per heavy atom. The second-order valence-corrected chi connectivity index (χ2v) is 2.38. The van der Waals surface area contributed by atoms with Crippen molar-refractivity contribution in [3.63, 3.8) is 0 Å². The molecule has 4 nitrogen and oxygen atoms in total. The number of nitrogens with zero attached hydrogens (tertiary/aromatic N) is 1. The monoisotopic (exact) mass is 166 g/mol. The number of ether oxygens (including phenoxy) is 1. The molecule has 0 fully saturated rings. The Bertz CT molecular complexity index is 310. The summed E-state index contributed by atoms with van der Waals surface area (Å²) in [6.45, 7) is 1.46. The molecule has 0 saturated carbocycles. The average Bonchev–Trinajstić information content (AvgIpc) is 2.04. The summed E-state index contributed by atoms with van der Waals surface area (Å²) in [5.74, 6) is 0.289. The summed E-state index contributed by atoms with van der Waals surface area (Å²) < 4.78 is 4.83. The fraction of sp³-hybridized carbons (Fsp3) is 0.250. The van der Waals surface area contributed by atoms with Crippen molar-refractivity contribution in [2.75, 3.05) is 12.8 Å². The molecule has 1 heterocycles. The lowest BCUT2D eigenvalue weighted by atomic mass is 10.2. The fourth-order valence-electron chi connectivity index (χ4n) is 0.832. The number of nitrogens with two attached hydrogens (primary N) is 1. The van der Waals surface area contributed by atoms with Gasteiger partial charge in [0.2, 0.25) is 5.88 Å². The van der Waals surface area contributed by atoms with Gasteiger partial charge in [-0.15, -0.1) is 0 Å². The molecule has 4 heteroatoms. The highest BCUT2D eigenvalue weighted by molar-refractivity contribution is 5.94. The number of carbonyl (C=O) groups excluding carboxylic acids is 1. The zero-order valence-corrected chi connectivity index (χ0v) is 7.00. The molecule has 0 amide bonds. The maximum absolute atomic E-state index is 10.9. The Kier molecular flexibility index (Phi) is 2.28. The van der Waals surface area contributed by atoms with Crippen molar-refractivity contribution >= 4 is 11.5 Å². The summed E-state index contributed by atoms with van der Waals surface area (Å²) in [6, 6.07) is 1.55. The maximum Gasteiger partial charge on any atom is 0.236 e. The largest absolute Gasteiger partial charge is 0.480 e. The van der Waals surface area contributed by atoms with Crippen LogP contribution in [0.15, 0.2) is 12.3 Å². The van der Waals surface area contributed by atoms with Crippen LogP contribution in [0.2, 0.25) is 0 Å². The van der Waals surface area contributed by atoms with Crippen LogP contribution in [0.1, 0.15) is 17.3 Å². The van der Waals surface area contributed by atoms with E-state index in [-0.39, 0.29) is 5.78 Å². The molecule has 0 spiro atoms. The molecule has 0 saturated heterocycles. The second-order valence-electron chi connectivity index (χ2n) is 2.38. The third-order valence-corrected chi connectivity index (χ3v) is 1.48. The highest BCUT2D eigenvalue weighted by Crippen LogP contribution is 2.18. The van der Waals surface area contributed by atoms with Gasteiger partial charge in [-0.3, -0.25) is 4.79 Å². The van der Waals surface area contributed by atoms with Gasteiger partial charge in [-0.1, -0.05) is 0 Å². The van der Waals surface area contributed by atoms with Gasteiger partial charge in [-0.25, -0.2) is 4.98 Å². The Morgan fingerprint density at radius 3 is 2.75 bits per heavy atom. The van der Waals surface area contributed by atoms with Gasteiger partial charge < -0.3 is 10.5 Å². The van der Waals surface area contributed by atoms with Crippen molar-refractivity contribution in [1.29, 1.82) is 0 Å². The Hall–Kier alpha value is -1.58. The molecule has 1 rings (SSSR count). The first-order chi connectivity index (χ1) is 5.65. The number of Topliss-reactive ketones (excluding diaryl/α,β-unsaturated/α-hetero) is 1. The van der Waals surface area contributed by atoms with Crippen LogP contribution in [0.4, 0.5) is 5.69 Å². The number of methoxy groups -OCH3 is 1. The van der Waals surface area contributed by atoms with Crippen molar-refractivity contribution in [2.45, 2.75) is 6.92 Å². The van der Waals surface area contributed by atoms with Gasteiger partial charge in [0, 0.05) is 11.8 Å². The molecule has 0 atom stereocenters. The number of aromatic nitrogens is 1. The molecule has 2 N–H and O–H groups in total. The number of nitrogen functional groups attached to an aromatic ring is 1. The highest BCUT2D eigenvalue weighted by Gasteiger charge is 2.04. The zero-order valence-electron chi connectivity index (χ0n) is 7.00. The molecule has 64 valence electrons. The van der Waals surface area contributed by atoms with Gasteiger partial charge in [0.1, 0.15) is 0 Å². The number of hydrogen-bond donors (Lipinski definition) is 1. The van der Waals surface area contributed by atoms with E-state index in [1.165, 1.54) is 20.2 Å². The molecule has 0 aromatic carbocycles. The molecule has 1 aromatic heterocycles. The van der Waals surface area contributed by atoms with E-state index in [0.717, 1.165) is 0 Å². The molecule has 0 aliphatic carbocycles. The quantitative estimate of drug-likeness (QED) is 0.662. The predicted octanol–water partition coefficient (Wildman–Crippen LogP) is 0.875. The van der Waals surface area contributed by atoms with Crippen LogP contribution < -0.4 is 10.5 Å². The number of ketones is 1. The summed E-state index contributed by atoms with van der Waals surface area (Å²) >= 11 is 0. The first kappa shape index (κ1) is 8.52. The van der Waals surface area contributed by atoms with Gasteiger partial charge in [0.25, 0.3) is 0 Å². The number of hydrogen-bond acceptors (Lipinski definition) is 4. The van der Waals surface area contributed by atoms with E-state index in [9.17, 15) is 4.79 Å². The SMILES string of the molecule is COc1ncc(C(C)=O)cc1N. The van der Waals surface area contributed by atoms with Gasteiger partial charge >= 0.3 is 0 Å². The topological polar surface area (TPSA) is 65.2 Å². The first-order valence-electron chi connectivity index (χ1n) is 3.45. The highest BCUT2D eigenvalue weighted by atomic mass is 16.5. The average molecular weight is 166 g/mol. The molecule has 0 unspecified atom stereocenters. The smallest absolute Gasteiger partial charge is 0.236 e. The Morgan fingerprint density at radius 1 is 1.67 bits per heavy atom. The van der Waals surface area contributed by atoms with Crippen molar-refractivity contribution in [3.05, 3.63) is 17.8 Å². The lowest BCUT2D eigenvalue weighted by Gasteiger charge is -2.02. The van der Waals surface area contributed by atoms with Gasteiger partial charge in [0.15, 0.2) is 5.78 Å². The normalized spacial score (nSPS) is 9.50.